The van der Waals surface area contributed by atoms with E-state index in [9.17, 15) is 4.79 Å². The Morgan fingerprint density at radius 2 is 2.13 bits per heavy atom. The summed E-state index contributed by atoms with van der Waals surface area (Å²) in [5.41, 5.74) is -0.409. The van der Waals surface area contributed by atoms with Crippen LogP contribution in [0.1, 0.15) is 33.6 Å². The predicted octanol–water partition coefficient (Wildman–Crippen LogP) is 1.61. The molecule has 4 heteroatoms. The van der Waals surface area contributed by atoms with Crippen LogP contribution in [0, 0.1) is 0 Å². The number of piperidine rings is 1. The van der Waals surface area contributed by atoms with Gasteiger partial charge in [-0.2, -0.15) is 0 Å². The maximum absolute atomic E-state index is 11.7. The minimum Gasteiger partial charge on any atom is -0.444 e. The van der Waals surface area contributed by atoms with Gasteiger partial charge in [0.15, 0.2) is 0 Å². The number of nitrogens with one attached hydrogen (secondary N) is 1. The highest BCUT2D eigenvalue weighted by Gasteiger charge is 2.26. The van der Waals surface area contributed by atoms with Crippen molar-refractivity contribution in [3.63, 3.8) is 0 Å². The quantitative estimate of drug-likeness (QED) is 0.721. The van der Waals surface area contributed by atoms with Gasteiger partial charge in [-0.05, 0) is 40.2 Å². The number of likely N-dealkylation sites (N-methyl/N-ethyl adjacent to an activating group) is 1. The van der Waals surface area contributed by atoms with Gasteiger partial charge in [0.25, 0.3) is 0 Å². The molecular formula is C11H22N2O2. The second-order valence-corrected chi connectivity index (χ2v) is 5.09. The predicted molar refractivity (Wildman–Crippen MR) is 59.9 cm³/mol. The Labute approximate surface area is 92.0 Å². The van der Waals surface area contributed by atoms with Gasteiger partial charge in [-0.3, -0.25) is 0 Å². The highest BCUT2D eigenvalue weighted by molar-refractivity contribution is 5.68. The molecule has 0 aromatic carbocycles. The second-order valence-electron chi connectivity index (χ2n) is 5.09. The Morgan fingerprint density at radius 3 is 2.60 bits per heavy atom. The van der Waals surface area contributed by atoms with Crippen LogP contribution in [-0.4, -0.2) is 42.8 Å². The van der Waals surface area contributed by atoms with Crippen molar-refractivity contribution in [2.24, 2.45) is 0 Å². The molecule has 0 bridgehead atoms. The lowest BCUT2D eigenvalue weighted by atomic mass is 10.1. The van der Waals surface area contributed by atoms with Gasteiger partial charge < -0.3 is 15.0 Å². The smallest absolute Gasteiger partial charge is 0.410 e. The zero-order valence-electron chi connectivity index (χ0n) is 10.2. The summed E-state index contributed by atoms with van der Waals surface area (Å²) >= 11 is 0. The van der Waals surface area contributed by atoms with Gasteiger partial charge in [0, 0.05) is 19.6 Å². The van der Waals surface area contributed by atoms with Crippen molar-refractivity contribution in [3.8, 4) is 0 Å². The van der Waals surface area contributed by atoms with Gasteiger partial charge in [0.05, 0.1) is 0 Å². The lowest BCUT2D eigenvalue weighted by Gasteiger charge is -2.33. The molecule has 1 atom stereocenters. The average molecular weight is 214 g/mol. The van der Waals surface area contributed by atoms with Crippen molar-refractivity contribution in [2.75, 3.05) is 20.1 Å². The first-order valence-electron chi connectivity index (χ1n) is 5.56. The number of amides is 1. The van der Waals surface area contributed by atoms with E-state index < -0.39 is 5.60 Å². The van der Waals surface area contributed by atoms with E-state index in [1.54, 1.807) is 4.90 Å². The van der Waals surface area contributed by atoms with E-state index in [0.717, 1.165) is 25.9 Å². The average Bonchev–Trinajstić information content (AvgIpc) is 2.15. The molecule has 1 rings (SSSR count). The number of carbonyl (C=O) groups is 1. The van der Waals surface area contributed by atoms with Crippen molar-refractivity contribution in [2.45, 2.75) is 45.3 Å². The van der Waals surface area contributed by atoms with E-state index in [2.05, 4.69) is 5.32 Å². The fourth-order valence-corrected chi connectivity index (χ4v) is 1.65. The summed E-state index contributed by atoms with van der Waals surface area (Å²) < 4.78 is 5.31. The number of carbonyl (C=O) groups excluding carboxylic acids is 1. The molecule has 0 radical (unpaired) electrons. The first-order chi connectivity index (χ1) is 6.90. The molecule has 1 heterocycles. The van der Waals surface area contributed by atoms with E-state index in [1.807, 2.05) is 27.8 Å². The monoisotopic (exact) mass is 214 g/mol. The van der Waals surface area contributed by atoms with Gasteiger partial charge >= 0.3 is 6.09 Å². The molecule has 0 spiro atoms. The van der Waals surface area contributed by atoms with Gasteiger partial charge in [-0.15, -0.1) is 0 Å². The molecule has 4 nitrogen and oxygen atoms in total. The minimum absolute atomic E-state index is 0.226. The summed E-state index contributed by atoms with van der Waals surface area (Å²) in [5.74, 6) is 0. The van der Waals surface area contributed by atoms with Crippen LogP contribution in [0.5, 0.6) is 0 Å². The fraction of sp³-hybridized carbons (Fsp3) is 0.909. The molecule has 1 amide bonds. The number of hydrogen-bond donors (Lipinski definition) is 1. The van der Waals surface area contributed by atoms with Crippen molar-refractivity contribution < 1.29 is 9.53 Å². The van der Waals surface area contributed by atoms with Gasteiger partial charge in [-0.1, -0.05) is 0 Å². The maximum atomic E-state index is 11.7. The summed E-state index contributed by atoms with van der Waals surface area (Å²) in [7, 11) is 1.81. The fourth-order valence-electron chi connectivity index (χ4n) is 1.65. The van der Waals surface area contributed by atoms with Gasteiger partial charge in [0.2, 0.25) is 0 Å². The highest BCUT2D eigenvalue weighted by atomic mass is 16.6. The van der Waals surface area contributed by atoms with Crippen molar-refractivity contribution in [1.82, 2.24) is 10.2 Å². The van der Waals surface area contributed by atoms with Crippen LogP contribution >= 0.6 is 0 Å². The third-order valence-electron chi connectivity index (χ3n) is 2.50. The molecule has 1 aliphatic heterocycles. The number of nitrogens with zero attached hydrogens (tertiary/aromatic N) is 1. The SMILES string of the molecule is CN(C(=O)OC(C)(C)C)[C@@H]1CCCNC1. The molecule has 1 aliphatic rings. The molecule has 0 aliphatic carbocycles. The van der Waals surface area contributed by atoms with E-state index in [0.29, 0.717) is 0 Å². The second kappa shape index (κ2) is 4.84. The Morgan fingerprint density at radius 1 is 1.47 bits per heavy atom. The van der Waals surface area contributed by atoms with E-state index in [1.165, 1.54) is 0 Å². The van der Waals surface area contributed by atoms with Crippen LogP contribution in [0.25, 0.3) is 0 Å². The first-order valence-corrected chi connectivity index (χ1v) is 5.56. The summed E-state index contributed by atoms with van der Waals surface area (Å²) in [5, 5.41) is 3.28. The zero-order valence-corrected chi connectivity index (χ0v) is 10.2. The Balaban J connectivity index is 2.44. The van der Waals surface area contributed by atoms with E-state index in [4.69, 9.17) is 4.74 Å². The van der Waals surface area contributed by atoms with E-state index in [-0.39, 0.29) is 12.1 Å². The number of rotatable bonds is 1. The largest absolute Gasteiger partial charge is 0.444 e. The summed E-state index contributed by atoms with van der Waals surface area (Å²) in [6.45, 7) is 7.59. The summed E-state index contributed by atoms with van der Waals surface area (Å²) in [6, 6.07) is 0.272. The van der Waals surface area contributed by atoms with Crippen molar-refractivity contribution in [3.05, 3.63) is 0 Å². The van der Waals surface area contributed by atoms with E-state index >= 15 is 0 Å². The molecule has 0 aromatic rings. The Kier molecular flexibility index (Phi) is 3.97. The van der Waals surface area contributed by atoms with Crippen LogP contribution in [0.15, 0.2) is 0 Å². The number of ether oxygens (including phenoxy) is 1. The third kappa shape index (κ3) is 4.08. The van der Waals surface area contributed by atoms with Crippen LogP contribution < -0.4 is 5.32 Å². The van der Waals surface area contributed by atoms with Crippen molar-refractivity contribution in [1.29, 1.82) is 0 Å². The van der Waals surface area contributed by atoms with Gasteiger partial charge in [0.1, 0.15) is 5.60 Å². The molecule has 88 valence electrons. The molecule has 0 unspecified atom stereocenters. The van der Waals surface area contributed by atoms with Crippen LogP contribution in [-0.2, 0) is 4.74 Å². The lowest BCUT2D eigenvalue weighted by molar-refractivity contribution is 0.0201. The molecular weight excluding hydrogens is 192 g/mol. The molecule has 15 heavy (non-hydrogen) atoms. The highest BCUT2D eigenvalue weighted by Crippen LogP contribution is 2.14. The lowest BCUT2D eigenvalue weighted by Crippen LogP contribution is -2.48. The van der Waals surface area contributed by atoms with Gasteiger partial charge in [-0.25, -0.2) is 4.79 Å². The Hall–Kier alpha value is -0.770. The van der Waals surface area contributed by atoms with Crippen molar-refractivity contribution >= 4 is 6.09 Å². The summed E-state index contributed by atoms with van der Waals surface area (Å²) in [6.07, 6.45) is 1.96. The van der Waals surface area contributed by atoms with Crippen LogP contribution in [0.2, 0.25) is 0 Å². The zero-order chi connectivity index (χ0) is 11.5. The first kappa shape index (κ1) is 12.3. The molecule has 1 N–H and O–H groups in total. The molecule has 0 aromatic heterocycles. The molecule has 1 fully saturated rings. The number of hydrogen-bond acceptors (Lipinski definition) is 3. The summed E-state index contributed by atoms with van der Waals surface area (Å²) in [4.78, 5) is 13.4. The standard InChI is InChI=1S/C11H22N2O2/c1-11(2,3)15-10(14)13(4)9-6-5-7-12-8-9/h9,12H,5-8H2,1-4H3/t9-/m1/s1. The maximum Gasteiger partial charge on any atom is 0.410 e. The Bertz CT molecular complexity index is 217. The minimum atomic E-state index is -0.409. The van der Waals surface area contributed by atoms with Crippen LogP contribution in [0.4, 0.5) is 4.79 Å². The van der Waals surface area contributed by atoms with Crippen LogP contribution in [0.3, 0.4) is 0 Å². The third-order valence-corrected chi connectivity index (χ3v) is 2.50. The topological polar surface area (TPSA) is 41.6 Å². The molecule has 0 saturated carbocycles. The molecule has 1 saturated heterocycles. The normalized spacial score (nSPS) is 22.3.